The van der Waals surface area contributed by atoms with E-state index in [1.54, 1.807) is 0 Å². The number of quaternary nitrogens is 2. The number of unbranched alkanes of at least 4 members (excludes halogenated alkanes) is 3. The van der Waals surface area contributed by atoms with E-state index in [2.05, 4.69) is 12.7 Å². The maximum absolute atomic E-state index is 3.88. The molecule has 84 valence electrons. The summed E-state index contributed by atoms with van der Waals surface area (Å²) in [5.74, 6) is 0.991. The van der Waals surface area contributed by atoms with Gasteiger partial charge in [0.15, 0.2) is 0 Å². The van der Waals surface area contributed by atoms with Gasteiger partial charge in [0.1, 0.15) is 0 Å². The molecule has 1 heterocycles. The van der Waals surface area contributed by atoms with Gasteiger partial charge < -0.3 is 10.6 Å². The van der Waals surface area contributed by atoms with E-state index in [1.807, 2.05) is 4.90 Å². The lowest BCUT2D eigenvalue weighted by Gasteiger charge is -2.27. The maximum atomic E-state index is 3.88. The SMILES string of the molecule is CC1CC[NH+](CCCCCC[NH3+])CC1. The van der Waals surface area contributed by atoms with Gasteiger partial charge in [0, 0.05) is 0 Å². The van der Waals surface area contributed by atoms with E-state index in [9.17, 15) is 0 Å². The van der Waals surface area contributed by atoms with Gasteiger partial charge in [0.2, 0.25) is 0 Å². The second-order valence-electron chi connectivity index (χ2n) is 4.95. The first-order chi connectivity index (χ1) is 6.83. The van der Waals surface area contributed by atoms with E-state index < -0.39 is 0 Å². The summed E-state index contributed by atoms with van der Waals surface area (Å²) in [6, 6.07) is 0. The Hall–Kier alpha value is -0.0800. The summed E-state index contributed by atoms with van der Waals surface area (Å²) in [4.78, 5) is 1.86. The van der Waals surface area contributed by atoms with Crippen molar-refractivity contribution in [3.63, 3.8) is 0 Å². The van der Waals surface area contributed by atoms with Crippen molar-refractivity contribution in [1.82, 2.24) is 0 Å². The van der Waals surface area contributed by atoms with Crippen molar-refractivity contribution >= 4 is 0 Å². The van der Waals surface area contributed by atoms with Crippen molar-refractivity contribution in [2.75, 3.05) is 26.2 Å². The molecule has 0 saturated carbocycles. The van der Waals surface area contributed by atoms with E-state index in [0.717, 1.165) is 12.5 Å². The van der Waals surface area contributed by atoms with Gasteiger partial charge in [-0.1, -0.05) is 6.92 Å². The Bertz CT molecular complexity index is 128. The van der Waals surface area contributed by atoms with E-state index >= 15 is 0 Å². The minimum Gasteiger partial charge on any atom is -0.358 e. The van der Waals surface area contributed by atoms with Gasteiger partial charge >= 0.3 is 0 Å². The van der Waals surface area contributed by atoms with Crippen molar-refractivity contribution < 1.29 is 10.6 Å². The first kappa shape index (κ1) is 12.0. The molecule has 1 rings (SSSR count). The predicted molar refractivity (Wildman–Crippen MR) is 60.2 cm³/mol. The molecule has 0 spiro atoms. The molecule has 1 saturated heterocycles. The van der Waals surface area contributed by atoms with Crippen LogP contribution in [0.2, 0.25) is 0 Å². The van der Waals surface area contributed by atoms with Crippen LogP contribution in [0.5, 0.6) is 0 Å². The van der Waals surface area contributed by atoms with Crippen LogP contribution >= 0.6 is 0 Å². The number of rotatable bonds is 6. The highest BCUT2D eigenvalue weighted by Gasteiger charge is 2.17. The van der Waals surface area contributed by atoms with E-state index in [1.165, 1.54) is 58.2 Å². The first-order valence-corrected chi connectivity index (χ1v) is 6.45. The zero-order valence-corrected chi connectivity index (χ0v) is 9.86. The van der Waals surface area contributed by atoms with Crippen molar-refractivity contribution in [3.05, 3.63) is 0 Å². The third-order valence-corrected chi connectivity index (χ3v) is 3.51. The largest absolute Gasteiger partial charge is 0.358 e. The summed E-state index contributed by atoms with van der Waals surface area (Å²) in [5.41, 5.74) is 3.88. The van der Waals surface area contributed by atoms with Crippen LogP contribution < -0.4 is 10.6 Å². The molecular formula is C12H28N2+2. The van der Waals surface area contributed by atoms with Crippen molar-refractivity contribution in [2.45, 2.75) is 45.4 Å². The molecule has 2 nitrogen and oxygen atoms in total. The zero-order chi connectivity index (χ0) is 10.2. The fourth-order valence-electron chi connectivity index (χ4n) is 2.33. The fraction of sp³-hybridized carbons (Fsp3) is 1.00. The quantitative estimate of drug-likeness (QED) is 0.570. The number of hydrogen-bond donors (Lipinski definition) is 2. The Morgan fingerprint density at radius 2 is 1.71 bits per heavy atom. The smallest absolute Gasteiger partial charge is 0.0773 e. The predicted octanol–water partition coefficient (Wildman–Crippen LogP) is 0.104. The molecular weight excluding hydrogens is 172 g/mol. The average Bonchev–Trinajstić information content (AvgIpc) is 2.21. The number of piperidine rings is 1. The molecule has 2 heteroatoms. The topological polar surface area (TPSA) is 32.1 Å². The molecule has 1 fully saturated rings. The standard InChI is InChI=1S/C12H26N2/c1-12-6-10-14(11-7-12)9-5-3-2-4-8-13/h12H,2-11,13H2,1H3/p+2. The molecule has 14 heavy (non-hydrogen) atoms. The second kappa shape index (κ2) is 7.24. The molecule has 0 atom stereocenters. The summed E-state index contributed by atoms with van der Waals surface area (Å²) < 4.78 is 0. The van der Waals surface area contributed by atoms with Gasteiger partial charge in [-0.25, -0.2) is 0 Å². The molecule has 0 amide bonds. The van der Waals surface area contributed by atoms with Gasteiger partial charge in [-0.15, -0.1) is 0 Å². The molecule has 0 aromatic rings. The number of nitrogens with one attached hydrogen (secondary N) is 1. The molecule has 0 aliphatic carbocycles. The first-order valence-electron chi connectivity index (χ1n) is 6.45. The molecule has 1 aliphatic rings. The molecule has 0 aromatic heterocycles. The zero-order valence-electron chi connectivity index (χ0n) is 9.86. The summed E-state index contributed by atoms with van der Waals surface area (Å²) in [7, 11) is 0. The summed E-state index contributed by atoms with van der Waals surface area (Å²) in [6.45, 7) is 7.79. The Labute approximate surface area is 88.8 Å². The van der Waals surface area contributed by atoms with E-state index in [4.69, 9.17) is 0 Å². The lowest BCUT2D eigenvalue weighted by Crippen LogP contribution is -3.13. The average molecular weight is 200 g/mol. The second-order valence-corrected chi connectivity index (χ2v) is 4.95. The van der Waals surface area contributed by atoms with Crippen LogP contribution in [-0.2, 0) is 0 Å². The minimum absolute atomic E-state index is 0.991. The van der Waals surface area contributed by atoms with Crippen LogP contribution in [0.15, 0.2) is 0 Å². The van der Waals surface area contributed by atoms with Gasteiger partial charge in [0.05, 0.1) is 26.2 Å². The highest BCUT2D eigenvalue weighted by atomic mass is 15.1. The maximum Gasteiger partial charge on any atom is 0.0773 e. The Balaban J connectivity index is 1.91. The van der Waals surface area contributed by atoms with E-state index in [0.29, 0.717) is 0 Å². The van der Waals surface area contributed by atoms with Crippen LogP contribution in [0, 0.1) is 5.92 Å². The third-order valence-electron chi connectivity index (χ3n) is 3.51. The van der Waals surface area contributed by atoms with Crippen LogP contribution in [0.1, 0.15) is 45.4 Å². The molecule has 0 unspecified atom stereocenters. The molecule has 1 aliphatic heterocycles. The van der Waals surface area contributed by atoms with Gasteiger partial charge in [-0.05, 0) is 44.4 Å². The van der Waals surface area contributed by atoms with E-state index in [-0.39, 0.29) is 0 Å². The highest BCUT2D eigenvalue weighted by molar-refractivity contribution is 4.55. The summed E-state index contributed by atoms with van der Waals surface area (Å²) in [6.07, 6.45) is 8.49. The highest BCUT2D eigenvalue weighted by Crippen LogP contribution is 2.06. The van der Waals surface area contributed by atoms with Crippen LogP contribution in [-0.4, -0.2) is 26.2 Å². The van der Waals surface area contributed by atoms with Gasteiger partial charge in [0.25, 0.3) is 0 Å². The Morgan fingerprint density at radius 1 is 1.07 bits per heavy atom. The van der Waals surface area contributed by atoms with Crippen LogP contribution in [0.3, 0.4) is 0 Å². The van der Waals surface area contributed by atoms with Crippen molar-refractivity contribution in [2.24, 2.45) is 5.92 Å². The number of hydrogen-bond acceptors (Lipinski definition) is 0. The fourth-order valence-corrected chi connectivity index (χ4v) is 2.33. The molecule has 0 aromatic carbocycles. The van der Waals surface area contributed by atoms with Crippen molar-refractivity contribution in [3.8, 4) is 0 Å². The molecule has 0 bridgehead atoms. The number of likely N-dealkylation sites (tertiary alicyclic amines) is 1. The Kier molecular flexibility index (Phi) is 6.20. The van der Waals surface area contributed by atoms with Gasteiger partial charge in [-0.3, -0.25) is 0 Å². The molecule has 0 radical (unpaired) electrons. The third kappa shape index (κ3) is 4.97. The van der Waals surface area contributed by atoms with Crippen LogP contribution in [0.25, 0.3) is 0 Å². The monoisotopic (exact) mass is 200 g/mol. The Morgan fingerprint density at radius 3 is 2.36 bits per heavy atom. The summed E-state index contributed by atoms with van der Waals surface area (Å²) >= 11 is 0. The summed E-state index contributed by atoms with van der Waals surface area (Å²) in [5, 5.41) is 0. The normalized spacial score (nSPS) is 27.9. The minimum atomic E-state index is 0.991. The molecule has 4 N–H and O–H groups in total. The van der Waals surface area contributed by atoms with Gasteiger partial charge in [-0.2, -0.15) is 0 Å². The van der Waals surface area contributed by atoms with Crippen molar-refractivity contribution in [1.29, 1.82) is 0 Å². The lowest BCUT2D eigenvalue weighted by molar-refractivity contribution is -0.906. The lowest BCUT2D eigenvalue weighted by atomic mass is 9.99. The van der Waals surface area contributed by atoms with Crippen LogP contribution in [0.4, 0.5) is 0 Å².